The maximum atomic E-state index is 12.1. The zero-order chi connectivity index (χ0) is 15.9. The summed E-state index contributed by atoms with van der Waals surface area (Å²) in [5.41, 5.74) is 2.47. The van der Waals surface area contributed by atoms with Crippen molar-refractivity contribution < 1.29 is 9.53 Å². The maximum absolute atomic E-state index is 12.1. The summed E-state index contributed by atoms with van der Waals surface area (Å²) in [5.74, 6) is -0.294. The average Bonchev–Trinajstić information content (AvgIpc) is 2.91. The molecule has 0 aliphatic rings. The number of ether oxygens (including phenoxy) is 1. The Kier molecular flexibility index (Phi) is 6.19. The Hall–Kier alpha value is -1.62. The van der Waals surface area contributed by atoms with E-state index in [0.717, 1.165) is 35.1 Å². The molecule has 22 heavy (non-hydrogen) atoms. The highest BCUT2D eigenvalue weighted by atomic mass is 79.9. The lowest BCUT2D eigenvalue weighted by atomic mass is 10.1. The number of carbonyl (C=O) groups excluding carboxylic acids is 1. The van der Waals surface area contributed by atoms with E-state index in [2.05, 4.69) is 28.0 Å². The zero-order valence-electron chi connectivity index (χ0n) is 13.0. The Morgan fingerprint density at radius 1 is 1.27 bits per heavy atom. The zero-order valence-corrected chi connectivity index (χ0v) is 14.6. The molecule has 2 rings (SSSR count). The lowest BCUT2D eigenvalue weighted by molar-refractivity contribution is 0.0525. The third-order valence-electron chi connectivity index (χ3n) is 3.36. The number of hydrogen-bond acceptors (Lipinski definition) is 3. The van der Waals surface area contributed by atoms with Crippen LogP contribution in [0.25, 0.3) is 0 Å². The Morgan fingerprint density at radius 3 is 2.64 bits per heavy atom. The summed E-state index contributed by atoms with van der Waals surface area (Å²) in [6.45, 7) is 5.15. The van der Waals surface area contributed by atoms with E-state index in [-0.39, 0.29) is 5.97 Å². The number of benzene rings is 1. The molecular weight excluding hydrogens is 344 g/mol. The Balaban J connectivity index is 2.24. The highest BCUT2D eigenvalue weighted by Gasteiger charge is 2.17. The smallest absolute Gasteiger partial charge is 0.341 e. The molecule has 118 valence electrons. The molecule has 5 heteroatoms. The standard InChI is InChI=1S/C17H21BrN2O2/c1-3-5-10-20-12-15(17(21)22-4-2)16(19-20)11-13-6-8-14(18)9-7-13/h6-9,12H,3-5,10-11H2,1-2H3. The van der Waals surface area contributed by atoms with Crippen molar-refractivity contribution in [1.29, 1.82) is 0 Å². The minimum absolute atomic E-state index is 0.294. The molecule has 0 atom stereocenters. The number of esters is 1. The third kappa shape index (κ3) is 4.44. The minimum atomic E-state index is -0.294. The molecule has 2 aromatic rings. The van der Waals surface area contributed by atoms with Gasteiger partial charge in [0.25, 0.3) is 0 Å². The first kappa shape index (κ1) is 16.7. The van der Waals surface area contributed by atoms with Gasteiger partial charge in [-0.2, -0.15) is 5.10 Å². The largest absolute Gasteiger partial charge is 0.462 e. The molecule has 0 fully saturated rings. The molecule has 1 heterocycles. The number of aryl methyl sites for hydroxylation is 1. The first-order valence-electron chi connectivity index (χ1n) is 7.62. The summed E-state index contributed by atoms with van der Waals surface area (Å²) in [6.07, 6.45) is 4.57. The summed E-state index contributed by atoms with van der Waals surface area (Å²) >= 11 is 3.43. The first-order chi connectivity index (χ1) is 10.6. The number of carbonyl (C=O) groups is 1. The van der Waals surface area contributed by atoms with Crippen molar-refractivity contribution in [3.05, 3.63) is 51.8 Å². The van der Waals surface area contributed by atoms with Gasteiger partial charge in [-0.05, 0) is 31.0 Å². The number of rotatable bonds is 7. The van der Waals surface area contributed by atoms with Crippen molar-refractivity contribution in [3.63, 3.8) is 0 Å². The van der Waals surface area contributed by atoms with Crippen LogP contribution in [0.5, 0.6) is 0 Å². The fourth-order valence-corrected chi connectivity index (χ4v) is 2.47. The summed E-state index contributed by atoms with van der Waals surface area (Å²) < 4.78 is 8.03. The van der Waals surface area contributed by atoms with Crippen molar-refractivity contribution in [3.8, 4) is 0 Å². The van der Waals surface area contributed by atoms with E-state index in [1.807, 2.05) is 42.1 Å². The van der Waals surface area contributed by atoms with Crippen LogP contribution in [0.1, 0.15) is 48.3 Å². The second-order valence-electron chi connectivity index (χ2n) is 5.13. The molecule has 0 spiro atoms. The van der Waals surface area contributed by atoms with E-state index in [4.69, 9.17) is 4.74 Å². The Labute approximate surface area is 139 Å². The van der Waals surface area contributed by atoms with Gasteiger partial charge in [0, 0.05) is 23.6 Å². The average molecular weight is 365 g/mol. The van der Waals surface area contributed by atoms with Crippen molar-refractivity contribution in [2.75, 3.05) is 6.61 Å². The first-order valence-corrected chi connectivity index (χ1v) is 8.41. The maximum Gasteiger partial charge on any atom is 0.341 e. The molecule has 4 nitrogen and oxygen atoms in total. The normalized spacial score (nSPS) is 10.7. The molecular formula is C17H21BrN2O2. The number of aromatic nitrogens is 2. The lowest BCUT2D eigenvalue weighted by Crippen LogP contribution is -2.07. The Bertz CT molecular complexity index is 620. The van der Waals surface area contributed by atoms with Gasteiger partial charge in [-0.3, -0.25) is 4.68 Å². The highest BCUT2D eigenvalue weighted by Crippen LogP contribution is 2.17. The van der Waals surface area contributed by atoms with E-state index in [9.17, 15) is 4.79 Å². The van der Waals surface area contributed by atoms with E-state index in [0.29, 0.717) is 18.6 Å². The molecule has 0 N–H and O–H groups in total. The molecule has 0 bridgehead atoms. The number of hydrogen-bond donors (Lipinski definition) is 0. The molecule has 0 aliphatic heterocycles. The van der Waals surface area contributed by atoms with Gasteiger partial charge in [-0.15, -0.1) is 0 Å². The van der Waals surface area contributed by atoms with Gasteiger partial charge in [-0.25, -0.2) is 4.79 Å². The van der Waals surface area contributed by atoms with Crippen LogP contribution in [0.15, 0.2) is 34.9 Å². The fraction of sp³-hybridized carbons (Fsp3) is 0.412. The molecule has 0 unspecified atom stereocenters. The molecule has 0 amide bonds. The number of halogens is 1. The predicted octanol–water partition coefficient (Wildman–Crippen LogP) is 4.21. The quantitative estimate of drug-likeness (QED) is 0.691. The minimum Gasteiger partial charge on any atom is -0.462 e. The van der Waals surface area contributed by atoms with Crippen LogP contribution in [-0.2, 0) is 17.7 Å². The predicted molar refractivity (Wildman–Crippen MR) is 90.0 cm³/mol. The van der Waals surface area contributed by atoms with Crippen molar-refractivity contribution in [2.45, 2.75) is 39.7 Å². The lowest BCUT2D eigenvalue weighted by Gasteiger charge is -2.03. The van der Waals surface area contributed by atoms with Crippen LogP contribution in [0.2, 0.25) is 0 Å². The van der Waals surface area contributed by atoms with Crippen molar-refractivity contribution in [2.24, 2.45) is 0 Å². The molecule has 0 radical (unpaired) electrons. The van der Waals surface area contributed by atoms with Gasteiger partial charge in [0.05, 0.1) is 12.3 Å². The molecule has 0 saturated heterocycles. The van der Waals surface area contributed by atoms with Gasteiger partial charge in [-0.1, -0.05) is 41.4 Å². The van der Waals surface area contributed by atoms with E-state index < -0.39 is 0 Å². The second kappa shape index (κ2) is 8.13. The van der Waals surface area contributed by atoms with Crippen LogP contribution in [0.4, 0.5) is 0 Å². The van der Waals surface area contributed by atoms with Crippen LogP contribution in [0, 0.1) is 0 Å². The van der Waals surface area contributed by atoms with Gasteiger partial charge in [0.2, 0.25) is 0 Å². The molecule has 1 aromatic carbocycles. The van der Waals surface area contributed by atoms with Crippen LogP contribution >= 0.6 is 15.9 Å². The monoisotopic (exact) mass is 364 g/mol. The van der Waals surface area contributed by atoms with Crippen molar-refractivity contribution >= 4 is 21.9 Å². The fourth-order valence-electron chi connectivity index (χ4n) is 2.20. The van der Waals surface area contributed by atoms with E-state index in [1.165, 1.54) is 0 Å². The van der Waals surface area contributed by atoms with Gasteiger partial charge in [0.15, 0.2) is 0 Å². The third-order valence-corrected chi connectivity index (χ3v) is 3.89. The van der Waals surface area contributed by atoms with Crippen LogP contribution in [0.3, 0.4) is 0 Å². The molecule has 0 saturated carbocycles. The van der Waals surface area contributed by atoms with Crippen molar-refractivity contribution in [1.82, 2.24) is 9.78 Å². The van der Waals surface area contributed by atoms with Gasteiger partial charge in [0.1, 0.15) is 5.56 Å². The Morgan fingerprint density at radius 2 is 2.00 bits per heavy atom. The van der Waals surface area contributed by atoms with Crippen LogP contribution in [-0.4, -0.2) is 22.4 Å². The highest BCUT2D eigenvalue weighted by molar-refractivity contribution is 9.10. The van der Waals surface area contributed by atoms with Crippen LogP contribution < -0.4 is 0 Å². The summed E-state index contributed by atoms with van der Waals surface area (Å²) in [7, 11) is 0. The topological polar surface area (TPSA) is 44.1 Å². The molecule has 1 aromatic heterocycles. The van der Waals surface area contributed by atoms with E-state index >= 15 is 0 Å². The summed E-state index contributed by atoms with van der Waals surface area (Å²) in [6, 6.07) is 8.05. The molecule has 0 aliphatic carbocycles. The van der Waals surface area contributed by atoms with Gasteiger partial charge >= 0.3 is 5.97 Å². The van der Waals surface area contributed by atoms with Gasteiger partial charge < -0.3 is 4.74 Å². The summed E-state index contributed by atoms with van der Waals surface area (Å²) in [4.78, 5) is 12.1. The number of unbranched alkanes of at least 4 members (excludes halogenated alkanes) is 1. The number of nitrogens with zero attached hydrogens (tertiary/aromatic N) is 2. The summed E-state index contributed by atoms with van der Waals surface area (Å²) in [5, 5.41) is 4.57. The van der Waals surface area contributed by atoms with E-state index in [1.54, 1.807) is 0 Å². The SMILES string of the molecule is CCCCn1cc(C(=O)OCC)c(Cc2ccc(Br)cc2)n1. The second-order valence-corrected chi connectivity index (χ2v) is 6.05.